The number of hydrogen-bond donors (Lipinski definition) is 3. The highest BCUT2D eigenvalue weighted by Gasteiger charge is 2.45. The second-order valence-corrected chi connectivity index (χ2v) is 12.7. The van der Waals surface area contributed by atoms with Crippen LogP contribution >= 0.6 is 0 Å². The van der Waals surface area contributed by atoms with Gasteiger partial charge in [0.15, 0.2) is 0 Å². The fraction of sp³-hybridized carbons (Fsp3) is 0.613. The van der Waals surface area contributed by atoms with Gasteiger partial charge in [0.1, 0.15) is 11.9 Å². The molecule has 2 bridgehead atoms. The first kappa shape index (κ1) is 31.1. The van der Waals surface area contributed by atoms with E-state index in [2.05, 4.69) is 25.8 Å². The smallest absolute Gasteiger partial charge is 0.253 e. The van der Waals surface area contributed by atoms with Gasteiger partial charge >= 0.3 is 0 Å². The Balaban J connectivity index is 1.24. The van der Waals surface area contributed by atoms with E-state index < -0.39 is 17.4 Å². The molecule has 4 amide bonds. The Hall–Kier alpha value is -3.91. The second-order valence-electron chi connectivity index (χ2n) is 12.7. The lowest BCUT2D eigenvalue weighted by molar-refractivity contribution is -0.140. The van der Waals surface area contributed by atoms with Crippen LogP contribution in [0.25, 0.3) is 0 Å². The second kappa shape index (κ2) is 13.2. The van der Waals surface area contributed by atoms with Crippen LogP contribution in [0.15, 0.2) is 30.5 Å². The zero-order chi connectivity index (χ0) is 31.6. The van der Waals surface area contributed by atoms with Gasteiger partial charge in [0.25, 0.3) is 5.91 Å². The number of carbonyl (C=O) groups is 4. The molecule has 5 saturated heterocycles. The van der Waals surface area contributed by atoms with Crippen LogP contribution in [-0.2, 0) is 27.3 Å². The van der Waals surface area contributed by atoms with Crippen LogP contribution < -0.4 is 10.6 Å². The third kappa shape index (κ3) is 6.86. The van der Waals surface area contributed by atoms with Crippen molar-refractivity contribution in [2.24, 2.45) is 0 Å². The Bertz CT molecular complexity index is 1400. The molecule has 6 heterocycles. The number of amides is 4. The minimum Gasteiger partial charge on any atom is -0.394 e. The molecule has 5 fully saturated rings. The third-order valence-electron chi connectivity index (χ3n) is 9.79. The molecule has 2 aromatic rings. The standard InChI is InChI=1S/C31H41FN8O5/c32-22-5-3-21(4-6-22)29(44)38-14-9-31(10-15-38)19-27(42)33-25(18-23-20-39(16-17-41)36-35-23)30(45)37-12-7-24(8-13-37)40-11-1-2-26(40)28(43)34-31/h3-6,20,24-26,41H,1-2,7-19H2,(H,33,42)(H,34,43)/t25-,26+/m1/s1. The van der Waals surface area contributed by atoms with Crippen molar-refractivity contribution in [3.05, 3.63) is 47.5 Å². The van der Waals surface area contributed by atoms with Gasteiger partial charge in [-0.05, 0) is 69.3 Å². The number of aromatic nitrogens is 3. The molecule has 14 heteroatoms. The number of benzene rings is 1. The number of halogens is 1. The Kier molecular flexibility index (Phi) is 9.13. The number of likely N-dealkylation sites (tertiary alicyclic amines) is 1. The van der Waals surface area contributed by atoms with E-state index in [0.717, 1.165) is 32.2 Å². The first-order valence-electron chi connectivity index (χ1n) is 15.9. The van der Waals surface area contributed by atoms with Gasteiger partial charge in [0.05, 0.1) is 30.4 Å². The summed E-state index contributed by atoms with van der Waals surface area (Å²) in [6, 6.07) is 4.43. The lowest BCUT2D eigenvalue weighted by atomic mass is 9.83. The predicted octanol–water partition coefficient (Wildman–Crippen LogP) is 0.0871. The van der Waals surface area contributed by atoms with Crippen LogP contribution in [0.4, 0.5) is 4.39 Å². The largest absolute Gasteiger partial charge is 0.394 e. The molecule has 0 saturated carbocycles. The van der Waals surface area contributed by atoms with E-state index >= 15 is 0 Å². The first-order chi connectivity index (χ1) is 21.7. The highest BCUT2D eigenvalue weighted by atomic mass is 19.1. The molecular formula is C31H41FN8O5. The summed E-state index contributed by atoms with van der Waals surface area (Å²) >= 11 is 0. The van der Waals surface area contributed by atoms with Gasteiger partial charge < -0.3 is 25.5 Å². The highest BCUT2D eigenvalue weighted by Crippen LogP contribution is 2.31. The molecule has 5 aliphatic heterocycles. The molecule has 2 atom stereocenters. The lowest BCUT2D eigenvalue weighted by Gasteiger charge is -2.45. The first-order valence-corrected chi connectivity index (χ1v) is 15.9. The summed E-state index contributed by atoms with van der Waals surface area (Å²) in [6.45, 7) is 2.69. The van der Waals surface area contributed by atoms with Crippen molar-refractivity contribution in [3.8, 4) is 0 Å². The molecule has 45 heavy (non-hydrogen) atoms. The van der Waals surface area contributed by atoms with Crippen molar-refractivity contribution in [2.45, 2.75) is 81.6 Å². The van der Waals surface area contributed by atoms with Crippen LogP contribution in [0, 0.1) is 5.82 Å². The summed E-state index contributed by atoms with van der Waals surface area (Å²) in [5.41, 5.74) is -0.00582. The van der Waals surface area contributed by atoms with Crippen LogP contribution in [0.5, 0.6) is 0 Å². The van der Waals surface area contributed by atoms with Gasteiger partial charge in [-0.2, -0.15) is 0 Å². The van der Waals surface area contributed by atoms with Crippen molar-refractivity contribution in [3.63, 3.8) is 0 Å². The van der Waals surface area contributed by atoms with E-state index in [1.807, 2.05) is 0 Å². The number of piperidine rings is 2. The normalized spacial score (nSPS) is 24.8. The van der Waals surface area contributed by atoms with Gasteiger partial charge in [0, 0.05) is 56.8 Å². The van der Waals surface area contributed by atoms with Gasteiger partial charge in [-0.1, -0.05) is 5.21 Å². The van der Waals surface area contributed by atoms with Crippen molar-refractivity contribution in [1.29, 1.82) is 0 Å². The number of aliphatic hydroxyl groups is 1. The Morgan fingerprint density at radius 3 is 2.47 bits per heavy atom. The molecule has 0 radical (unpaired) electrons. The van der Waals surface area contributed by atoms with E-state index in [9.17, 15) is 28.7 Å². The Morgan fingerprint density at radius 1 is 1.02 bits per heavy atom. The molecule has 242 valence electrons. The Morgan fingerprint density at radius 2 is 1.76 bits per heavy atom. The fourth-order valence-corrected chi connectivity index (χ4v) is 7.36. The minimum atomic E-state index is -0.906. The van der Waals surface area contributed by atoms with E-state index in [0.29, 0.717) is 50.3 Å². The summed E-state index contributed by atoms with van der Waals surface area (Å²) in [5.74, 6) is -1.29. The van der Waals surface area contributed by atoms with Crippen LogP contribution in [0.3, 0.4) is 0 Å². The van der Waals surface area contributed by atoms with Crippen LogP contribution in [0.1, 0.15) is 61.0 Å². The van der Waals surface area contributed by atoms with Crippen molar-refractivity contribution < 1.29 is 28.7 Å². The summed E-state index contributed by atoms with van der Waals surface area (Å²) in [6.07, 6.45) is 5.60. The van der Waals surface area contributed by atoms with Gasteiger partial charge in [0.2, 0.25) is 17.7 Å². The van der Waals surface area contributed by atoms with Crippen LogP contribution in [-0.4, -0.2) is 121 Å². The monoisotopic (exact) mass is 624 g/mol. The number of fused-ring (bicyclic) bond motifs is 7. The maximum absolute atomic E-state index is 13.9. The molecule has 1 aromatic heterocycles. The number of aliphatic hydroxyl groups excluding tert-OH is 1. The summed E-state index contributed by atoms with van der Waals surface area (Å²) < 4.78 is 14.9. The molecule has 0 unspecified atom stereocenters. The topological polar surface area (TPSA) is 153 Å². The molecule has 1 spiro atoms. The summed E-state index contributed by atoms with van der Waals surface area (Å²) in [4.78, 5) is 60.4. The Labute approximate surface area is 261 Å². The number of hydrogen-bond acceptors (Lipinski definition) is 8. The average molecular weight is 625 g/mol. The predicted molar refractivity (Wildman–Crippen MR) is 159 cm³/mol. The summed E-state index contributed by atoms with van der Waals surface area (Å²) in [5, 5.41) is 23.6. The molecule has 5 aliphatic rings. The van der Waals surface area contributed by atoms with E-state index in [-0.39, 0.29) is 61.7 Å². The SMILES string of the molecule is O=C1CC2(CCN(C(=O)c3ccc(F)cc3)CC2)NC(=O)[C@@H]2CCCN2C2CCN(CC2)C(=O)[C@@H](Cc2cn(CCO)nn2)N1. The van der Waals surface area contributed by atoms with Crippen molar-refractivity contribution in [2.75, 3.05) is 39.3 Å². The van der Waals surface area contributed by atoms with E-state index in [1.54, 1.807) is 16.0 Å². The molecule has 1 aromatic carbocycles. The zero-order valence-electron chi connectivity index (χ0n) is 25.4. The van der Waals surface area contributed by atoms with Gasteiger partial charge in [-0.3, -0.25) is 24.1 Å². The van der Waals surface area contributed by atoms with Gasteiger partial charge in [-0.15, -0.1) is 5.10 Å². The fourth-order valence-electron chi connectivity index (χ4n) is 7.36. The molecule has 13 nitrogen and oxygen atoms in total. The van der Waals surface area contributed by atoms with Crippen molar-refractivity contribution in [1.82, 2.24) is 40.3 Å². The number of nitrogens with zero attached hydrogens (tertiary/aromatic N) is 6. The van der Waals surface area contributed by atoms with E-state index in [4.69, 9.17) is 0 Å². The molecule has 0 aliphatic carbocycles. The molecule has 7 rings (SSSR count). The molecular weight excluding hydrogens is 583 g/mol. The van der Waals surface area contributed by atoms with Gasteiger partial charge in [-0.25, -0.2) is 9.07 Å². The van der Waals surface area contributed by atoms with Crippen molar-refractivity contribution >= 4 is 23.6 Å². The maximum atomic E-state index is 13.9. The minimum absolute atomic E-state index is 0.0472. The quantitative estimate of drug-likeness (QED) is 0.423. The highest BCUT2D eigenvalue weighted by molar-refractivity contribution is 5.94. The number of rotatable bonds is 5. The summed E-state index contributed by atoms with van der Waals surface area (Å²) in [7, 11) is 0. The zero-order valence-corrected chi connectivity index (χ0v) is 25.4. The van der Waals surface area contributed by atoms with Crippen LogP contribution in [0.2, 0.25) is 0 Å². The lowest BCUT2D eigenvalue weighted by Crippen LogP contribution is -2.63. The number of carbonyl (C=O) groups excluding carboxylic acids is 4. The third-order valence-corrected chi connectivity index (χ3v) is 9.79. The molecule has 3 N–H and O–H groups in total. The number of nitrogens with one attached hydrogen (secondary N) is 2. The average Bonchev–Trinajstić information content (AvgIpc) is 3.71. The maximum Gasteiger partial charge on any atom is 0.253 e. The van der Waals surface area contributed by atoms with E-state index in [1.165, 1.54) is 28.9 Å².